The summed E-state index contributed by atoms with van der Waals surface area (Å²) >= 11 is 5.80. The van der Waals surface area contributed by atoms with Gasteiger partial charge in [0.25, 0.3) is 0 Å². The first kappa shape index (κ1) is 10.8. The minimum atomic E-state index is -0.386. The molecule has 1 heterocycles. The van der Waals surface area contributed by atoms with E-state index in [2.05, 4.69) is 13.8 Å². The van der Waals surface area contributed by atoms with E-state index in [0.717, 1.165) is 12.8 Å². The van der Waals surface area contributed by atoms with E-state index in [1.54, 1.807) is 6.92 Å². The smallest absolute Gasteiger partial charge is 0.240 e. The van der Waals surface area contributed by atoms with Gasteiger partial charge < -0.3 is 4.90 Å². The van der Waals surface area contributed by atoms with E-state index < -0.39 is 0 Å². The first-order valence-electron chi connectivity index (χ1n) is 5.00. The fourth-order valence-electron chi connectivity index (χ4n) is 2.06. The predicted octanol–water partition coefficient (Wildman–Crippen LogP) is 2.40. The van der Waals surface area contributed by atoms with Crippen molar-refractivity contribution in [2.75, 3.05) is 0 Å². The SMILES string of the molecule is C[C@@H](Cl)C(=O)N1[C@@H](C)CCC[C@@H]1C. The number of piperidine rings is 1. The van der Waals surface area contributed by atoms with Gasteiger partial charge in [-0.3, -0.25) is 4.79 Å². The van der Waals surface area contributed by atoms with Crippen LogP contribution < -0.4 is 0 Å². The van der Waals surface area contributed by atoms with Gasteiger partial charge in [-0.15, -0.1) is 11.6 Å². The highest BCUT2D eigenvalue weighted by molar-refractivity contribution is 6.30. The van der Waals surface area contributed by atoms with Gasteiger partial charge in [-0.25, -0.2) is 0 Å². The first-order valence-corrected chi connectivity index (χ1v) is 5.44. The highest BCUT2D eigenvalue weighted by atomic mass is 35.5. The van der Waals surface area contributed by atoms with Gasteiger partial charge in [-0.05, 0) is 40.0 Å². The summed E-state index contributed by atoms with van der Waals surface area (Å²) in [5, 5.41) is -0.386. The molecule has 1 aliphatic rings. The van der Waals surface area contributed by atoms with Gasteiger partial charge in [0.15, 0.2) is 0 Å². The summed E-state index contributed by atoms with van der Waals surface area (Å²) < 4.78 is 0. The molecule has 0 aromatic rings. The van der Waals surface area contributed by atoms with Crippen LogP contribution in [-0.2, 0) is 4.79 Å². The zero-order valence-electron chi connectivity index (χ0n) is 8.59. The standard InChI is InChI=1S/C10H18ClNO/c1-7-5-4-6-8(2)12(7)10(13)9(3)11/h7-9H,4-6H2,1-3H3/t7-,8-,9+/m0/s1. The lowest BCUT2D eigenvalue weighted by Gasteiger charge is -2.39. The van der Waals surface area contributed by atoms with Gasteiger partial charge in [-0.1, -0.05) is 0 Å². The Bertz CT molecular complexity index is 183. The van der Waals surface area contributed by atoms with E-state index >= 15 is 0 Å². The lowest BCUT2D eigenvalue weighted by atomic mass is 9.97. The average molecular weight is 204 g/mol. The summed E-state index contributed by atoms with van der Waals surface area (Å²) in [4.78, 5) is 13.7. The summed E-state index contributed by atoms with van der Waals surface area (Å²) in [6.07, 6.45) is 3.45. The number of hydrogen-bond donors (Lipinski definition) is 0. The first-order chi connectivity index (χ1) is 6.04. The summed E-state index contributed by atoms with van der Waals surface area (Å²) in [6.45, 7) is 5.96. The number of hydrogen-bond acceptors (Lipinski definition) is 1. The van der Waals surface area contributed by atoms with Gasteiger partial charge >= 0.3 is 0 Å². The van der Waals surface area contributed by atoms with Gasteiger partial charge in [-0.2, -0.15) is 0 Å². The average Bonchev–Trinajstić information content (AvgIpc) is 2.03. The van der Waals surface area contributed by atoms with Gasteiger partial charge in [0.05, 0.1) is 0 Å². The van der Waals surface area contributed by atoms with E-state index in [9.17, 15) is 4.79 Å². The number of halogens is 1. The van der Waals surface area contributed by atoms with Crippen LogP contribution in [-0.4, -0.2) is 28.3 Å². The molecule has 1 fully saturated rings. The lowest BCUT2D eigenvalue weighted by Crippen LogP contribution is -2.49. The molecule has 2 nitrogen and oxygen atoms in total. The Balaban J connectivity index is 2.68. The maximum Gasteiger partial charge on any atom is 0.240 e. The Morgan fingerprint density at radius 3 is 2.23 bits per heavy atom. The third kappa shape index (κ3) is 2.37. The molecule has 0 N–H and O–H groups in total. The molecule has 1 amide bonds. The van der Waals surface area contributed by atoms with Gasteiger partial charge in [0.1, 0.15) is 5.38 Å². The number of alkyl halides is 1. The Morgan fingerprint density at radius 2 is 1.85 bits per heavy atom. The van der Waals surface area contributed by atoms with Crippen LogP contribution in [0.1, 0.15) is 40.0 Å². The largest absolute Gasteiger partial charge is 0.336 e. The molecule has 1 rings (SSSR count). The van der Waals surface area contributed by atoms with E-state index in [0.29, 0.717) is 12.1 Å². The van der Waals surface area contributed by atoms with Crippen LogP contribution in [0.2, 0.25) is 0 Å². The van der Waals surface area contributed by atoms with Crippen molar-refractivity contribution in [2.45, 2.75) is 57.5 Å². The van der Waals surface area contributed by atoms with Crippen molar-refractivity contribution in [3.63, 3.8) is 0 Å². The Kier molecular flexibility index (Phi) is 3.60. The fraction of sp³-hybridized carbons (Fsp3) is 0.900. The second kappa shape index (κ2) is 4.32. The zero-order valence-corrected chi connectivity index (χ0v) is 9.34. The second-order valence-corrected chi connectivity index (χ2v) is 4.65. The third-order valence-electron chi connectivity index (χ3n) is 2.79. The van der Waals surface area contributed by atoms with Gasteiger partial charge in [0.2, 0.25) is 5.91 Å². The summed E-state index contributed by atoms with van der Waals surface area (Å²) in [5.41, 5.74) is 0. The van der Waals surface area contributed by atoms with E-state index in [4.69, 9.17) is 11.6 Å². The molecular formula is C10H18ClNO. The van der Waals surface area contributed by atoms with Crippen molar-refractivity contribution in [1.29, 1.82) is 0 Å². The molecule has 0 aromatic carbocycles. The molecule has 0 unspecified atom stereocenters. The quantitative estimate of drug-likeness (QED) is 0.600. The van der Waals surface area contributed by atoms with Crippen molar-refractivity contribution < 1.29 is 4.79 Å². The van der Waals surface area contributed by atoms with Crippen molar-refractivity contribution in [3.05, 3.63) is 0 Å². The van der Waals surface area contributed by atoms with E-state index in [-0.39, 0.29) is 11.3 Å². The number of nitrogens with zero attached hydrogens (tertiary/aromatic N) is 1. The maximum atomic E-state index is 11.7. The monoisotopic (exact) mass is 203 g/mol. The third-order valence-corrected chi connectivity index (χ3v) is 2.97. The molecule has 0 aromatic heterocycles. The highest BCUT2D eigenvalue weighted by Gasteiger charge is 2.30. The summed E-state index contributed by atoms with van der Waals surface area (Å²) in [5.74, 6) is 0.0846. The summed E-state index contributed by atoms with van der Waals surface area (Å²) in [6, 6.07) is 0.717. The molecule has 3 heteroatoms. The second-order valence-electron chi connectivity index (χ2n) is 3.99. The van der Waals surface area contributed by atoms with E-state index in [1.165, 1.54) is 6.42 Å². The lowest BCUT2D eigenvalue weighted by molar-refractivity contribution is -0.136. The van der Waals surface area contributed by atoms with Crippen LogP contribution in [0.25, 0.3) is 0 Å². The highest BCUT2D eigenvalue weighted by Crippen LogP contribution is 2.23. The summed E-state index contributed by atoms with van der Waals surface area (Å²) in [7, 11) is 0. The maximum absolute atomic E-state index is 11.7. The number of carbonyl (C=O) groups excluding carboxylic acids is 1. The normalized spacial score (nSPS) is 31.5. The van der Waals surface area contributed by atoms with Crippen molar-refractivity contribution in [3.8, 4) is 0 Å². The Labute approximate surface area is 85.2 Å². The van der Waals surface area contributed by atoms with Crippen molar-refractivity contribution in [2.24, 2.45) is 0 Å². The molecule has 0 spiro atoms. The fourth-order valence-corrected chi connectivity index (χ4v) is 2.17. The molecule has 0 radical (unpaired) electrons. The van der Waals surface area contributed by atoms with Crippen LogP contribution in [0.4, 0.5) is 0 Å². The minimum absolute atomic E-state index is 0.0846. The molecule has 13 heavy (non-hydrogen) atoms. The molecule has 0 aliphatic carbocycles. The van der Waals surface area contributed by atoms with Crippen LogP contribution >= 0.6 is 11.6 Å². The number of amides is 1. The van der Waals surface area contributed by atoms with E-state index in [1.807, 2.05) is 4.90 Å². The predicted molar refractivity (Wildman–Crippen MR) is 54.9 cm³/mol. The number of likely N-dealkylation sites (tertiary alicyclic amines) is 1. The number of carbonyl (C=O) groups is 1. The zero-order chi connectivity index (χ0) is 10.0. The molecule has 0 bridgehead atoms. The molecule has 3 atom stereocenters. The van der Waals surface area contributed by atoms with Crippen LogP contribution in [0, 0.1) is 0 Å². The Hall–Kier alpha value is -0.240. The minimum Gasteiger partial charge on any atom is -0.336 e. The molecule has 0 saturated carbocycles. The van der Waals surface area contributed by atoms with Crippen molar-refractivity contribution in [1.82, 2.24) is 4.90 Å². The molecule has 1 saturated heterocycles. The topological polar surface area (TPSA) is 20.3 Å². The van der Waals surface area contributed by atoms with Crippen LogP contribution in [0.15, 0.2) is 0 Å². The van der Waals surface area contributed by atoms with Gasteiger partial charge in [0, 0.05) is 12.1 Å². The Morgan fingerprint density at radius 1 is 1.38 bits per heavy atom. The molecule has 76 valence electrons. The molecular weight excluding hydrogens is 186 g/mol. The van der Waals surface area contributed by atoms with Crippen LogP contribution in [0.3, 0.4) is 0 Å². The molecule has 1 aliphatic heterocycles. The van der Waals surface area contributed by atoms with Crippen molar-refractivity contribution >= 4 is 17.5 Å². The van der Waals surface area contributed by atoms with Crippen LogP contribution in [0.5, 0.6) is 0 Å². The number of rotatable bonds is 1.